The summed E-state index contributed by atoms with van der Waals surface area (Å²) in [5.41, 5.74) is 8.38. The van der Waals surface area contributed by atoms with Gasteiger partial charge in [-0.2, -0.15) is 0 Å². The third kappa shape index (κ3) is 3.12. The summed E-state index contributed by atoms with van der Waals surface area (Å²) in [5, 5.41) is 0.988. The zero-order chi connectivity index (χ0) is 18.1. The van der Waals surface area contributed by atoms with Gasteiger partial charge in [0.05, 0.1) is 6.67 Å². The Morgan fingerprint density at radius 2 is 1.96 bits per heavy atom. The van der Waals surface area contributed by atoms with Gasteiger partial charge in [0.25, 0.3) is 0 Å². The van der Waals surface area contributed by atoms with Crippen molar-refractivity contribution < 1.29 is 9.18 Å². The van der Waals surface area contributed by atoms with E-state index in [9.17, 15) is 9.18 Å². The van der Waals surface area contributed by atoms with Gasteiger partial charge >= 0.3 is 0 Å². The first-order chi connectivity index (χ1) is 12.6. The van der Waals surface area contributed by atoms with E-state index in [1.165, 1.54) is 0 Å². The number of anilines is 1. The summed E-state index contributed by atoms with van der Waals surface area (Å²) in [6.07, 6.45) is 5.24. The Labute approximate surface area is 150 Å². The number of nitrogens with two attached hydrogens (primary N) is 1. The lowest BCUT2D eigenvalue weighted by Gasteiger charge is -2.30. The Kier molecular flexibility index (Phi) is 4.28. The number of alkyl halides is 1. The van der Waals surface area contributed by atoms with E-state index in [1.807, 2.05) is 12.1 Å². The van der Waals surface area contributed by atoms with Gasteiger partial charge < -0.3 is 15.6 Å². The maximum atomic E-state index is 12.7. The molecule has 134 valence electrons. The van der Waals surface area contributed by atoms with E-state index in [2.05, 4.69) is 19.9 Å². The molecule has 0 aliphatic carbocycles. The number of carbonyl (C=O) groups is 1. The van der Waals surface area contributed by atoms with Crippen molar-refractivity contribution in [2.24, 2.45) is 11.7 Å². The minimum Gasteiger partial charge on any atom is -0.366 e. The number of carbonyl (C=O) groups excluding carboxylic acids is 1. The fourth-order valence-corrected chi connectivity index (χ4v) is 3.35. The van der Waals surface area contributed by atoms with Crippen LogP contribution in [-0.2, 0) is 0 Å². The van der Waals surface area contributed by atoms with Crippen molar-refractivity contribution in [1.29, 1.82) is 0 Å². The predicted octanol–water partition coefficient (Wildman–Crippen LogP) is 2.91. The molecule has 6 nitrogen and oxygen atoms in total. The maximum Gasteiger partial charge on any atom is 0.248 e. The molecule has 7 heteroatoms. The smallest absolute Gasteiger partial charge is 0.248 e. The monoisotopic (exact) mass is 353 g/mol. The van der Waals surface area contributed by atoms with Crippen LogP contribution in [0, 0.1) is 5.92 Å². The molecule has 3 aromatic rings. The number of fused-ring (bicyclic) bond motifs is 1. The van der Waals surface area contributed by atoms with E-state index < -0.39 is 5.91 Å². The number of aromatic amines is 1. The molecule has 1 aliphatic heterocycles. The van der Waals surface area contributed by atoms with Gasteiger partial charge in [-0.1, -0.05) is 6.07 Å². The van der Waals surface area contributed by atoms with Crippen LogP contribution in [0.15, 0.2) is 36.7 Å². The van der Waals surface area contributed by atoms with Crippen LogP contribution in [0.2, 0.25) is 0 Å². The highest BCUT2D eigenvalue weighted by Crippen LogP contribution is 2.26. The van der Waals surface area contributed by atoms with E-state index in [1.54, 1.807) is 24.5 Å². The fourth-order valence-electron chi connectivity index (χ4n) is 3.35. The van der Waals surface area contributed by atoms with E-state index in [0.717, 1.165) is 48.1 Å². The molecule has 0 atom stereocenters. The average Bonchev–Trinajstić information content (AvgIpc) is 3.11. The summed E-state index contributed by atoms with van der Waals surface area (Å²) in [7, 11) is 0. The fraction of sp³-hybridized carbons (Fsp3) is 0.316. The Morgan fingerprint density at radius 1 is 1.23 bits per heavy atom. The number of benzene rings is 1. The number of hydrogen-bond acceptors (Lipinski definition) is 4. The molecular formula is C19H20FN5O. The Balaban J connectivity index is 1.55. The Bertz CT molecular complexity index is 929. The van der Waals surface area contributed by atoms with Gasteiger partial charge in [-0.25, -0.2) is 9.97 Å². The van der Waals surface area contributed by atoms with Gasteiger partial charge in [0.15, 0.2) is 0 Å². The lowest BCUT2D eigenvalue weighted by molar-refractivity contribution is 0.100. The molecule has 1 saturated heterocycles. The van der Waals surface area contributed by atoms with Crippen molar-refractivity contribution in [3.63, 3.8) is 0 Å². The molecular weight excluding hydrogens is 333 g/mol. The minimum atomic E-state index is -0.452. The molecule has 3 heterocycles. The van der Waals surface area contributed by atoms with Gasteiger partial charge in [0.2, 0.25) is 11.9 Å². The lowest BCUT2D eigenvalue weighted by atomic mass is 9.99. The SMILES string of the molecule is NC(=O)c1ccc2cc(-c3cnc(N4CCC(CF)CC4)nc3)[nH]c2c1. The second-order valence-electron chi connectivity index (χ2n) is 6.71. The van der Waals surface area contributed by atoms with Crippen LogP contribution in [0.1, 0.15) is 23.2 Å². The third-order valence-corrected chi connectivity index (χ3v) is 4.97. The molecule has 1 aliphatic rings. The van der Waals surface area contributed by atoms with Crippen molar-refractivity contribution in [2.45, 2.75) is 12.8 Å². The van der Waals surface area contributed by atoms with Crippen LogP contribution < -0.4 is 10.6 Å². The summed E-state index contributed by atoms with van der Waals surface area (Å²) in [6.45, 7) is 1.33. The number of halogens is 1. The van der Waals surface area contributed by atoms with Crippen molar-refractivity contribution in [1.82, 2.24) is 15.0 Å². The van der Waals surface area contributed by atoms with Crippen LogP contribution in [0.4, 0.5) is 10.3 Å². The normalized spacial score (nSPS) is 15.5. The molecule has 1 aromatic carbocycles. The van der Waals surface area contributed by atoms with Crippen LogP contribution >= 0.6 is 0 Å². The highest BCUT2D eigenvalue weighted by atomic mass is 19.1. The quantitative estimate of drug-likeness (QED) is 0.755. The van der Waals surface area contributed by atoms with Crippen molar-refractivity contribution in [2.75, 3.05) is 24.7 Å². The number of piperidine rings is 1. The van der Waals surface area contributed by atoms with Crippen LogP contribution in [0.3, 0.4) is 0 Å². The number of nitrogens with one attached hydrogen (secondary N) is 1. The maximum absolute atomic E-state index is 12.7. The van der Waals surface area contributed by atoms with Crippen LogP contribution in [0.5, 0.6) is 0 Å². The van der Waals surface area contributed by atoms with Gasteiger partial charge in [0, 0.05) is 53.2 Å². The molecule has 2 aromatic heterocycles. The van der Waals surface area contributed by atoms with Gasteiger partial charge in [-0.15, -0.1) is 0 Å². The number of rotatable bonds is 4. The number of aromatic nitrogens is 3. The molecule has 3 N–H and O–H groups in total. The number of H-pyrrole nitrogens is 1. The summed E-state index contributed by atoms with van der Waals surface area (Å²) in [5.74, 6) is 0.396. The summed E-state index contributed by atoms with van der Waals surface area (Å²) in [4.78, 5) is 25.6. The molecule has 0 spiro atoms. The topological polar surface area (TPSA) is 87.9 Å². The molecule has 0 bridgehead atoms. The van der Waals surface area contributed by atoms with E-state index in [-0.39, 0.29) is 12.6 Å². The van der Waals surface area contributed by atoms with Crippen LogP contribution in [-0.4, -0.2) is 40.6 Å². The molecule has 1 amide bonds. The number of nitrogens with zero attached hydrogens (tertiary/aromatic N) is 3. The Morgan fingerprint density at radius 3 is 2.62 bits per heavy atom. The summed E-state index contributed by atoms with van der Waals surface area (Å²) >= 11 is 0. The third-order valence-electron chi connectivity index (χ3n) is 4.97. The first kappa shape index (κ1) is 16.5. The number of hydrogen-bond donors (Lipinski definition) is 2. The molecule has 0 radical (unpaired) electrons. The van der Waals surface area contributed by atoms with Gasteiger partial charge in [0.1, 0.15) is 0 Å². The molecule has 0 saturated carbocycles. The van der Waals surface area contributed by atoms with Crippen molar-refractivity contribution >= 4 is 22.8 Å². The van der Waals surface area contributed by atoms with E-state index in [4.69, 9.17) is 5.73 Å². The number of primary amides is 1. The van der Waals surface area contributed by atoms with Gasteiger partial charge in [-0.05, 0) is 37.0 Å². The highest BCUT2D eigenvalue weighted by molar-refractivity contribution is 5.97. The predicted molar refractivity (Wildman–Crippen MR) is 98.8 cm³/mol. The first-order valence-electron chi connectivity index (χ1n) is 8.70. The summed E-state index contributed by atoms with van der Waals surface area (Å²) < 4.78 is 12.7. The molecule has 26 heavy (non-hydrogen) atoms. The Hall–Kier alpha value is -2.96. The summed E-state index contributed by atoms with van der Waals surface area (Å²) in [6, 6.07) is 7.30. The largest absolute Gasteiger partial charge is 0.366 e. The highest BCUT2D eigenvalue weighted by Gasteiger charge is 2.20. The minimum absolute atomic E-state index is 0.169. The average molecular weight is 353 g/mol. The van der Waals surface area contributed by atoms with Crippen molar-refractivity contribution in [3.8, 4) is 11.3 Å². The standard InChI is InChI=1S/C19H20FN5O/c20-9-12-3-5-25(6-4-12)19-22-10-15(11-23-19)17-7-13-1-2-14(18(21)26)8-16(13)24-17/h1-2,7-8,10-12,24H,3-6,9H2,(H2,21,26). The number of amides is 1. The second kappa shape index (κ2) is 6.74. The second-order valence-corrected chi connectivity index (χ2v) is 6.71. The van der Waals surface area contributed by atoms with Gasteiger partial charge in [-0.3, -0.25) is 9.18 Å². The van der Waals surface area contributed by atoms with E-state index in [0.29, 0.717) is 11.5 Å². The zero-order valence-electron chi connectivity index (χ0n) is 14.3. The van der Waals surface area contributed by atoms with Crippen LogP contribution in [0.25, 0.3) is 22.2 Å². The first-order valence-corrected chi connectivity index (χ1v) is 8.70. The molecule has 0 unspecified atom stereocenters. The van der Waals surface area contributed by atoms with Crippen molar-refractivity contribution in [3.05, 3.63) is 42.2 Å². The van der Waals surface area contributed by atoms with E-state index >= 15 is 0 Å². The lowest BCUT2D eigenvalue weighted by Crippen LogP contribution is -2.35. The zero-order valence-corrected chi connectivity index (χ0v) is 14.3. The molecule has 1 fully saturated rings. The molecule has 4 rings (SSSR count).